The van der Waals surface area contributed by atoms with Crippen molar-refractivity contribution in [2.45, 2.75) is 26.7 Å². The standard InChI is InChI=1S/C24H27N3O3/c1-3-30-24(29)18-12-14-26(15-13-18)16-27-21-11-7-5-9-19(21)22(23(27)28)25-20-10-6-4-8-17(20)2/h4-11,18H,3,12-16H2,1-2H3/p+1. The number of nitrogens with zero attached hydrogens (tertiary/aromatic N) is 2. The molecule has 1 N–H and O–H groups in total. The van der Waals surface area contributed by atoms with E-state index in [-0.39, 0.29) is 17.8 Å². The fourth-order valence-corrected chi connectivity index (χ4v) is 4.24. The molecule has 2 aliphatic heterocycles. The number of para-hydroxylation sites is 2. The first-order valence-electron chi connectivity index (χ1n) is 10.6. The number of hydrogen-bond donors (Lipinski definition) is 1. The normalized spacial score (nSPS) is 22.3. The molecule has 0 aliphatic carbocycles. The van der Waals surface area contributed by atoms with E-state index in [9.17, 15) is 9.59 Å². The molecule has 0 aromatic heterocycles. The Bertz CT molecular complexity index is 977. The van der Waals surface area contributed by atoms with Crippen molar-refractivity contribution in [3.05, 3.63) is 59.7 Å². The summed E-state index contributed by atoms with van der Waals surface area (Å²) in [6.07, 6.45) is 1.59. The number of likely N-dealkylation sites (tertiary alicyclic amines) is 1. The molecule has 6 heteroatoms. The molecule has 2 aliphatic rings. The van der Waals surface area contributed by atoms with Gasteiger partial charge in [0.25, 0.3) is 5.91 Å². The molecule has 0 radical (unpaired) electrons. The van der Waals surface area contributed by atoms with Crippen molar-refractivity contribution >= 4 is 29.0 Å². The second-order valence-corrected chi connectivity index (χ2v) is 7.93. The number of hydrogen-bond acceptors (Lipinski definition) is 4. The third-order valence-corrected chi connectivity index (χ3v) is 5.94. The molecule has 0 bridgehead atoms. The zero-order valence-electron chi connectivity index (χ0n) is 17.6. The Morgan fingerprint density at radius 1 is 1.13 bits per heavy atom. The number of carbonyl (C=O) groups is 2. The lowest BCUT2D eigenvalue weighted by atomic mass is 9.97. The average Bonchev–Trinajstić information content (AvgIpc) is 3.02. The van der Waals surface area contributed by atoms with Crippen LogP contribution < -0.4 is 9.80 Å². The van der Waals surface area contributed by atoms with Gasteiger partial charge in [0.1, 0.15) is 5.71 Å². The highest BCUT2D eigenvalue weighted by molar-refractivity contribution is 6.54. The molecular weight excluding hydrogens is 378 g/mol. The highest BCUT2D eigenvalue weighted by Crippen LogP contribution is 2.30. The van der Waals surface area contributed by atoms with Crippen LogP contribution in [0.5, 0.6) is 0 Å². The van der Waals surface area contributed by atoms with Crippen molar-refractivity contribution in [1.29, 1.82) is 0 Å². The van der Waals surface area contributed by atoms with Crippen molar-refractivity contribution in [2.24, 2.45) is 10.9 Å². The average molecular weight is 407 g/mol. The molecule has 1 saturated heterocycles. The highest BCUT2D eigenvalue weighted by atomic mass is 16.5. The first-order valence-corrected chi connectivity index (χ1v) is 10.6. The maximum Gasteiger partial charge on any atom is 0.309 e. The molecule has 2 aromatic carbocycles. The highest BCUT2D eigenvalue weighted by Gasteiger charge is 2.37. The van der Waals surface area contributed by atoms with Gasteiger partial charge in [-0.1, -0.05) is 36.4 Å². The van der Waals surface area contributed by atoms with Crippen LogP contribution >= 0.6 is 0 Å². The van der Waals surface area contributed by atoms with Gasteiger partial charge in [0, 0.05) is 18.4 Å². The van der Waals surface area contributed by atoms with Gasteiger partial charge < -0.3 is 9.64 Å². The lowest BCUT2D eigenvalue weighted by Gasteiger charge is -2.30. The predicted molar refractivity (Wildman–Crippen MR) is 116 cm³/mol. The van der Waals surface area contributed by atoms with E-state index in [1.807, 2.05) is 67.3 Å². The van der Waals surface area contributed by atoms with Crippen LogP contribution in [0.3, 0.4) is 0 Å². The predicted octanol–water partition coefficient (Wildman–Crippen LogP) is 2.28. The van der Waals surface area contributed by atoms with E-state index < -0.39 is 0 Å². The molecule has 6 nitrogen and oxygen atoms in total. The topological polar surface area (TPSA) is 63.4 Å². The number of rotatable bonds is 5. The Kier molecular flexibility index (Phi) is 5.95. The number of amides is 1. The van der Waals surface area contributed by atoms with Crippen LogP contribution in [0.4, 0.5) is 11.4 Å². The first-order chi connectivity index (χ1) is 14.6. The summed E-state index contributed by atoms with van der Waals surface area (Å²) in [5.41, 5.74) is 4.16. The van der Waals surface area contributed by atoms with Gasteiger partial charge in [0.05, 0.1) is 37.0 Å². The molecule has 1 amide bonds. The van der Waals surface area contributed by atoms with E-state index in [1.165, 1.54) is 4.90 Å². The van der Waals surface area contributed by atoms with Crippen molar-refractivity contribution in [3.63, 3.8) is 0 Å². The molecule has 4 rings (SSSR count). The third-order valence-electron chi connectivity index (χ3n) is 5.94. The molecule has 2 heterocycles. The van der Waals surface area contributed by atoms with Gasteiger partial charge in [-0.3, -0.25) is 14.5 Å². The minimum absolute atomic E-state index is 0.0200. The number of esters is 1. The number of ether oxygens (including phenoxy) is 1. The van der Waals surface area contributed by atoms with Crippen LogP contribution in [0, 0.1) is 12.8 Å². The molecule has 1 fully saturated rings. The van der Waals surface area contributed by atoms with Gasteiger partial charge in [-0.05, 0) is 31.5 Å². The molecule has 156 valence electrons. The minimum Gasteiger partial charge on any atom is -0.466 e. The monoisotopic (exact) mass is 406 g/mol. The van der Waals surface area contributed by atoms with Crippen LogP contribution in [0.15, 0.2) is 53.5 Å². The van der Waals surface area contributed by atoms with Crippen LogP contribution in [-0.4, -0.2) is 44.0 Å². The Hall–Kier alpha value is -2.99. The first kappa shape index (κ1) is 20.3. The third kappa shape index (κ3) is 4.00. The summed E-state index contributed by atoms with van der Waals surface area (Å²) >= 11 is 0. The zero-order valence-corrected chi connectivity index (χ0v) is 17.6. The SMILES string of the molecule is CCOC(=O)C1CC[NH+](CN2C(=O)C(=Nc3ccccc3C)c3ccccc32)CC1. The molecule has 30 heavy (non-hydrogen) atoms. The second kappa shape index (κ2) is 8.79. The van der Waals surface area contributed by atoms with E-state index in [4.69, 9.17) is 9.73 Å². The Balaban J connectivity index is 1.52. The fourth-order valence-electron chi connectivity index (χ4n) is 4.24. The minimum atomic E-state index is -0.0909. The van der Waals surface area contributed by atoms with Crippen LogP contribution in [0.25, 0.3) is 0 Å². The summed E-state index contributed by atoms with van der Waals surface area (Å²) in [4.78, 5) is 33.2. The van der Waals surface area contributed by atoms with Crippen molar-refractivity contribution in [1.82, 2.24) is 0 Å². The lowest BCUT2D eigenvalue weighted by Crippen LogP contribution is -3.14. The molecule has 0 spiro atoms. The van der Waals surface area contributed by atoms with Gasteiger partial charge >= 0.3 is 5.97 Å². The largest absolute Gasteiger partial charge is 0.466 e. The number of aryl methyl sites for hydroxylation is 1. The Morgan fingerprint density at radius 2 is 1.83 bits per heavy atom. The number of piperidine rings is 1. The fraction of sp³-hybridized carbons (Fsp3) is 0.375. The quantitative estimate of drug-likeness (QED) is 0.775. The van der Waals surface area contributed by atoms with Crippen molar-refractivity contribution in [2.75, 3.05) is 31.3 Å². The van der Waals surface area contributed by atoms with Gasteiger partial charge in [-0.2, -0.15) is 0 Å². The van der Waals surface area contributed by atoms with E-state index in [1.54, 1.807) is 0 Å². The molecule has 0 atom stereocenters. The van der Waals surface area contributed by atoms with Crippen molar-refractivity contribution < 1.29 is 19.2 Å². The van der Waals surface area contributed by atoms with E-state index in [0.29, 0.717) is 19.0 Å². The van der Waals surface area contributed by atoms with Crippen LogP contribution in [-0.2, 0) is 14.3 Å². The van der Waals surface area contributed by atoms with E-state index in [2.05, 4.69) is 0 Å². The number of carbonyl (C=O) groups excluding carboxylic acids is 2. The summed E-state index contributed by atoms with van der Waals surface area (Å²) in [5.74, 6) is -0.167. The number of quaternary nitrogens is 1. The zero-order chi connectivity index (χ0) is 21.1. The second-order valence-electron chi connectivity index (χ2n) is 7.93. The number of benzene rings is 2. The van der Waals surface area contributed by atoms with Crippen LogP contribution in [0.2, 0.25) is 0 Å². The summed E-state index contributed by atoms with van der Waals surface area (Å²) in [6, 6.07) is 15.7. The van der Waals surface area contributed by atoms with E-state index in [0.717, 1.165) is 48.4 Å². The summed E-state index contributed by atoms with van der Waals surface area (Å²) in [7, 11) is 0. The number of aliphatic imine (C=N–C) groups is 1. The number of anilines is 1. The molecule has 0 saturated carbocycles. The lowest BCUT2D eigenvalue weighted by molar-refractivity contribution is -0.904. The van der Waals surface area contributed by atoms with Gasteiger partial charge in [-0.15, -0.1) is 0 Å². The van der Waals surface area contributed by atoms with Crippen molar-refractivity contribution in [3.8, 4) is 0 Å². The molecule has 0 unspecified atom stereocenters. The molecule has 2 aromatic rings. The maximum atomic E-state index is 13.3. The number of nitrogens with one attached hydrogen (secondary N) is 1. The van der Waals surface area contributed by atoms with Gasteiger partial charge in [0.2, 0.25) is 0 Å². The van der Waals surface area contributed by atoms with E-state index >= 15 is 0 Å². The number of fused-ring (bicyclic) bond motifs is 1. The van der Waals surface area contributed by atoms with Gasteiger partial charge in [0.15, 0.2) is 6.67 Å². The Morgan fingerprint density at radius 3 is 2.57 bits per heavy atom. The van der Waals surface area contributed by atoms with Gasteiger partial charge in [-0.25, -0.2) is 4.99 Å². The summed E-state index contributed by atoms with van der Waals surface area (Å²) in [5, 5.41) is 0. The molecular formula is C24H28N3O3+. The smallest absolute Gasteiger partial charge is 0.309 e. The summed E-state index contributed by atoms with van der Waals surface area (Å²) in [6.45, 7) is 6.54. The Labute approximate surface area is 177 Å². The summed E-state index contributed by atoms with van der Waals surface area (Å²) < 4.78 is 5.17. The van der Waals surface area contributed by atoms with Crippen LogP contribution in [0.1, 0.15) is 30.9 Å². The maximum absolute atomic E-state index is 13.3.